The van der Waals surface area contributed by atoms with E-state index in [-0.39, 0.29) is 18.5 Å². The summed E-state index contributed by atoms with van der Waals surface area (Å²) in [6.07, 6.45) is 0. The Balaban J connectivity index is 2.29. The highest BCUT2D eigenvalue weighted by Gasteiger charge is 2.12. The first kappa shape index (κ1) is 13.5. The number of hydrogen-bond donors (Lipinski definition) is 2. The minimum atomic E-state index is -0.0790. The predicted molar refractivity (Wildman–Crippen MR) is 76.1 cm³/mol. The number of rotatable bonds is 4. The average Bonchev–Trinajstić information content (AvgIpc) is 2.71. The Morgan fingerprint density at radius 1 is 1.42 bits per heavy atom. The van der Waals surface area contributed by atoms with Crippen molar-refractivity contribution in [2.24, 2.45) is 0 Å². The quantitative estimate of drug-likeness (QED) is 0.841. The number of hydrogen-bond acceptors (Lipinski definition) is 3. The van der Waals surface area contributed by atoms with Gasteiger partial charge < -0.3 is 5.32 Å². The summed E-state index contributed by atoms with van der Waals surface area (Å²) in [6, 6.07) is 9.75. The Bertz CT molecular complexity index is 615. The molecule has 0 fully saturated rings. The van der Waals surface area contributed by atoms with Crippen LogP contribution in [-0.2, 0) is 11.3 Å². The molecule has 0 aliphatic carbocycles. The van der Waals surface area contributed by atoms with Gasteiger partial charge in [-0.25, -0.2) is 0 Å². The van der Waals surface area contributed by atoms with Gasteiger partial charge in [-0.15, -0.1) is 0 Å². The van der Waals surface area contributed by atoms with Gasteiger partial charge in [0.2, 0.25) is 5.91 Å². The van der Waals surface area contributed by atoms with E-state index in [1.807, 2.05) is 44.2 Å². The Hall–Kier alpha value is -1.95. The lowest BCUT2D eigenvalue weighted by molar-refractivity contribution is -0.122. The van der Waals surface area contributed by atoms with Gasteiger partial charge in [0.25, 0.3) is 0 Å². The van der Waals surface area contributed by atoms with Gasteiger partial charge in [0.1, 0.15) is 6.54 Å². The van der Waals surface area contributed by atoms with Gasteiger partial charge in [-0.1, -0.05) is 30.3 Å². The number of aromatic amines is 1. The van der Waals surface area contributed by atoms with E-state index in [1.54, 1.807) is 4.57 Å². The zero-order chi connectivity index (χ0) is 13.8. The molecule has 2 aromatic rings. The third-order valence-electron chi connectivity index (χ3n) is 2.54. The number of carbonyl (C=O) groups excluding carboxylic acids is 1. The highest BCUT2D eigenvalue weighted by molar-refractivity contribution is 7.71. The van der Waals surface area contributed by atoms with Crippen molar-refractivity contribution in [1.82, 2.24) is 20.1 Å². The molecule has 0 aliphatic rings. The molecular formula is C13H16N4OS. The third-order valence-corrected chi connectivity index (χ3v) is 2.85. The number of nitrogens with one attached hydrogen (secondary N) is 2. The van der Waals surface area contributed by atoms with E-state index in [0.717, 1.165) is 5.56 Å². The van der Waals surface area contributed by atoms with E-state index < -0.39 is 0 Å². The van der Waals surface area contributed by atoms with Crippen LogP contribution in [0.5, 0.6) is 0 Å². The van der Waals surface area contributed by atoms with Crippen molar-refractivity contribution in [3.05, 3.63) is 35.1 Å². The van der Waals surface area contributed by atoms with Crippen molar-refractivity contribution >= 4 is 18.1 Å². The standard InChI is InChI=1S/C13H16N4OS/c1-9(2)14-11(18)8-17-12(15-16-13(17)19)10-6-4-3-5-7-10/h3-7,9H,8H2,1-2H3,(H,14,18)(H,16,19). The third kappa shape index (κ3) is 3.29. The summed E-state index contributed by atoms with van der Waals surface area (Å²) in [5, 5.41) is 9.75. The molecule has 6 heteroatoms. The number of aromatic nitrogens is 3. The maximum Gasteiger partial charge on any atom is 0.240 e. The molecule has 0 spiro atoms. The van der Waals surface area contributed by atoms with Crippen LogP contribution in [0.25, 0.3) is 11.4 Å². The Morgan fingerprint density at radius 2 is 2.11 bits per heavy atom. The van der Waals surface area contributed by atoms with Crippen LogP contribution in [0, 0.1) is 4.77 Å². The zero-order valence-electron chi connectivity index (χ0n) is 10.9. The minimum absolute atomic E-state index is 0.0790. The first-order valence-corrected chi connectivity index (χ1v) is 6.48. The molecule has 1 heterocycles. The van der Waals surface area contributed by atoms with Gasteiger partial charge in [-0.2, -0.15) is 5.10 Å². The first-order valence-electron chi connectivity index (χ1n) is 6.08. The molecule has 0 unspecified atom stereocenters. The fourth-order valence-electron chi connectivity index (χ4n) is 1.78. The van der Waals surface area contributed by atoms with Crippen molar-refractivity contribution in [2.45, 2.75) is 26.4 Å². The van der Waals surface area contributed by atoms with E-state index in [4.69, 9.17) is 12.2 Å². The molecule has 1 aromatic heterocycles. The van der Waals surface area contributed by atoms with Gasteiger partial charge in [-0.3, -0.25) is 14.5 Å². The second-order valence-electron chi connectivity index (χ2n) is 4.53. The molecule has 1 aromatic carbocycles. The van der Waals surface area contributed by atoms with Crippen LogP contribution < -0.4 is 5.32 Å². The van der Waals surface area contributed by atoms with Gasteiger partial charge in [0.15, 0.2) is 10.6 Å². The van der Waals surface area contributed by atoms with Crippen LogP contribution in [0.15, 0.2) is 30.3 Å². The normalized spacial score (nSPS) is 10.7. The maximum absolute atomic E-state index is 11.8. The number of H-pyrrole nitrogens is 1. The highest BCUT2D eigenvalue weighted by atomic mass is 32.1. The molecule has 2 rings (SSSR count). The van der Waals surface area contributed by atoms with Crippen molar-refractivity contribution < 1.29 is 4.79 Å². The van der Waals surface area contributed by atoms with Crippen molar-refractivity contribution in [3.63, 3.8) is 0 Å². The molecule has 0 atom stereocenters. The highest BCUT2D eigenvalue weighted by Crippen LogP contribution is 2.16. The topological polar surface area (TPSA) is 62.7 Å². The van der Waals surface area contributed by atoms with Crippen molar-refractivity contribution in [3.8, 4) is 11.4 Å². The Kier molecular flexibility index (Phi) is 4.11. The smallest absolute Gasteiger partial charge is 0.240 e. The zero-order valence-corrected chi connectivity index (χ0v) is 11.7. The maximum atomic E-state index is 11.8. The van der Waals surface area contributed by atoms with Crippen molar-refractivity contribution in [2.75, 3.05) is 0 Å². The summed E-state index contributed by atoms with van der Waals surface area (Å²) in [5.41, 5.74) is 0.923. The summed E-state index contributed by atoms with van der Waals surface area (Å²) in [4.78, 5) is 11.8. The molecule has 2 N–H and O–H groups in total. The minimum Gasteiger partial charge on any atom is -0.352 e. The summed E-state index contributed by atoms with van der Waals surface area (Å²) >= 11 is 5.17. The lowest BCUT2D eigenvalue weighted by Gasteiger charge is -2.10. The van der Waals surface area contributed by atoms with E-state index >= 15 is 0 Å². The van der Waals surface area contributed by atoms with Crippen LogP contribution in [0.2, 0.25) is 0 Å². The SMILES string of the molecule is CC(C)NC(=O)Cn1c(-c2ccccc2)n[nH]c1=S. The van der Waals surface area contributed by atoms with Crippen LogP contribution in [0.3, 0.4) is 0 Å². The van der Waals surface area contributed by atoms with E-state index in [1.165, 1.54) is 0 Å². The van der Waals surface area contributed by atoms with E-state index in [2.05, 4.69) is 15.5 Å². The second-order valence-corrected chi connectivity index (χ2v) is 4.91. The molecule has 5 nitrogen and oxygen atoms in total. The molecule has 1 amide bonds. The number of nitrogens with zero attached hydrogens (tertiary/aromatic N) is 2. The predicted octanol–water partition coefficient (Wildman–Crippen LogP) is 2.13. The lowest BCUT2D eigenvalue weighted by atomic mass is 10.2. The van der Waals surface area contributed by atoms with Gasteiger partial charge in [0, 0.05) is 11.6 Å². The second kappa shape index (κ2) is 5.79. The van der Waals surface area contributed by atoms with Crippen LogP contribution in [0.4, 0.5) is 0 Å². The summed E-state index contributed by atoms with van der Waals surface area (Å²) in [7, 11) is 0. The fourth-order valence-corrected chi connectivity index (χ4v) is 1.98. The van der Waals surface area contributed by atoms with Crippen LogP contribution >= 0.6 is 12.2 Å². The molecular weight excluding hydrogens is 260 g/mol. The average molecular weight is 276 g/mol. The van der Waals surface area contributed by atoms with Crippen LogP contribution in [-0.4, -0.2) is 26.7 Å². The van der Waals surface area contributed by atoms with E-state index in [0.29, 0.717) is 10.6 Å². The lowest BCUT2D eigenvalue weighted by Crippen LogP contribution is -2.33. The summed E-state index contributed by atoms with van der Waals surface area (Å²) in [5.74, 6) is 0.592. The monoisotopic (exact) mass is 276 g/mol. The van der Waals surface area contributed by atoms with Gasteiger partial charge in [-0.05, 0) is 26.1 Å². The van der Waals surface area contributed by atoms with Gasteiger partial charge in [0.05, 0.1) is 0 Å². The van der Waals surface area contributed by atoms with Crippen molar-refractivity contribution in [1.29, 1.82) is 0 Å². The number of benzene rings is 1. The fraction of sp³-hybridized carbons (Fsp3) is 0.308. The summed E-state index contributed by atoms with van der Waals surface area (Å²) < 4.78 is 2.14. The largest absolute Gasteiger partial charge is 0.352 e. The molecule has 0 saturated heterocycles. The molecule has 0 aliphatic heterocycles. The number of amides is 1. The Labute approximate surface area is 116 Å². The van der Waals surface area contributed by atoms with Gasteiger partial charge >= 0.3 is 0 Å². The molecule has 19 heavy (non-hydrogen) atoms. The molecule has 0 radical (unpaired) electrons. The number of carbonyl (C=O) groups is 1. The summed E-state index contributed by atoms with van der Waals surface area (Å²) in [6.45, 7) is 4.01. The molecule has 0 saturated carbocycles. The first-order chi connectivity index (χ1) is 9.08. The molecule has 0 bridgehead atoms. The Morgan fingerprint density at radius 3 is 2.74 bits per heavy atom. The van der Waals surface area contributed by atoms with Crippen LogP contribution in [0.1, 0.15) is 13.8 Å². The molecule has 100 valence electrons. The van der Waals surface area contributed by atoms with E-state index in [9.17, 15) is 4.79 Å².